The maximum Gasteiger partial charge on any atom is 0.102 e. The second-order valence-corrected chi connectivity index (χ2v) is 6.21. The van der Waals surface area contributed by atoms with Gasteiger partial charge in [0.15, 0.2) is 0 Å². The highest BCUT2D eigenvalue weighted by Gasteiger charge is 2.16. The van der Waals surface area contributed by atoms with E-state index in [1.54, 1.807) is 0 Å². The van der Waals surface area contributed by atoms with E-state index in [9.17, 15) is 0 Å². The standard InChI is InChI=1S/C10H20N2S/c1-7(2)9-8(3)12(4)11-10(9)13(5)6/h7,13H,1-6H3. The van der Waals surface area contributed by atoms with Crippen molar-refractivity contribution in [1.82, 2.24) is 9.78 Å². The molecule has 0 spiro atoms. The summed E-state index contributed by atoms with van der Waals surface area (Å²) in [5, 5.41) is 5.90. The van der Waals surface area contributed by atoms with Crippen LogP contribution in [0.5, 0.6) is 0 Å². The highest BCUT2D eigenvalue weighted by atomic mass is 32.2. The third kappa shape index (κ3) is 1.90. The van der Waals surface area contributed by atoms with Crippen LogP contribution in [0.25, 0.3) is 0 Å². The summed E-state index contributed by atoms with van der Waals surface area (Å²) in [5.74, 6) is 0.591. The molecule has 0 atom stereocenters. The van der Waals surface area contributed by atoms with Crippen molar-refractivity contribution in [2.24, 2.45) is 7.05 Å². The number of aromatic nitrogens is 2. The second-order valence-electron chi connectivity index (χ2n) is 4.00. The molecule has 2 nitrogen and oxygen atoms in total. The van der Waals surface area contributed by atoms with Crippen molar-refractivity contribution >= 4 is 10.9 Å². The Hall–Kier alpha value is -0.440. The minimum atomic E-state index is -0.0761. The minimum Gasteiger partial charge on any atom is -0.272 e. The van der Waals surface area contributed by atoms with Crippen LogP contribution in [-0.4, -0.2) is 22.3 Å². The van der Waals surface area contributed by atoms with Gasteiger partial charge in [0.05, 0.1) is 0 Å². The lowest BCUT2D eigenvalue weighted by molar-refractivity contribution is 0.715. The maximum absolute atomic E-state index is 4.58. The molecule has 13 heavy (non-hydrogen) atoms. The number of nitrogens with zero attached hydrogens (tertiary/aromatic N) is 2. The number of aryl methyl sites for hydroxylation is 1. The molecule has 0 fully saturated rings. The summed E-state index contributed by atoms with van der Waals surface area (Å²) in [7, 11) is 1.96. The van der Waals surface area contributed by atoms with Gasteiger partial charge in [0.1, 0.15) is 5.03 Å². The van der Waals surface area contributed by atoms with E-state index in [-0.39, 0.29) is 10.9 Å². The van der Waals surface area contributed by atoms with Crippen LogP contribution in [0, 0.1) is 6.92 Å². The van der Waals surface area contributed by atoms with Gasteiger partial charge in [-0.2, -0.15) is 5.10 Å². The van der Waals surface area contributed by atoms with Gasteiger partial charge in [-0.05, 0) is 25.4 Å². The molecular formula is C10H20N2S. The van der Waals surface area contributed by atoms with Crippen molar-refractivity contribution < 1.29 is 0 Å². The molecule has 0 N–H and O–H groups in total. The fraction of sp³-hybridized carbons (Fsp3) is 0.700. The first kappa shape index (κ1) is 10.6. The molecule has 0 aliphatic heterocycles. The molecule has 0 radical (unpaired) electrons. The Kier molecular flexibility index (Phi) is 3.06. The first-order valence-corrected chi connectivity index (χ1v) is 6.89. The smallest absolute Gasteiger partial charge is 0.102 e. The summed E-state index contributed by atoms with van der Waals surface area (Å²) >= 11 is 0. The van der Waals surface area contributed by atoms with Gasteiger partial charge < -0.3 is 0 Å². The van der Waals surface area contributed by atoms with Gasteiger partial charge in [-0.15, -0.1) is 0 Å². The van der Waals surface area contributed by atoms with Crippen LogP contribution < -0.4 is 0 Å². The second kappa shape index (κ2) is 3.74. The highest BCUT2D eigenvalue weighted by molar-refractivity contribution is 8.15. The van der Waals surface area contributed by atoms with Crippen molar-refractivity contribution in [2.45, 2.75) is 31.7 Å². The topological polar surface area (TPSA) is 17.8 Å². The lowest BCUT2D eigenvalue weighted by atomic mass is 10.1. The predicted molar refractivity (Wildman–Crippen MR) is 61.1 cm³/mol. The molecule has 1 aromatic heterocycles. The van der Waals surface area contributed by atoms with Crippen LogP contribution in [0.1, 0.15) is 31.0 Å². The summed E-state index contributed by atoms with van der Waals surface area (Å²) in [4.78, 5) is 0. The quantitative estimate of drug-likeness (QED) is 0.726. The Morgan fingerprint density at radius 3 is 2.15 bits per heavy atom. The van der Waals surface area contributed by atoms with Crippen molar-refractivity contribution in [3.05, 3.63) is 11.3 Å². The molecule has 3 heteroatoms. The summed E-state index contributed by atoms with van der Waals surface area (Å²) in [6.45, 7) is 6.64. The van der Waals surface area contributed by atoms with E-state index < -0.39 is 0 Å². The van der Waals surface area contributed by atoms with E-state index in [0.29, 0.717) is 5.92 Å². The SMILES string of the molecule is Cc1c(C(C)C)c([SH](C)C)nn1C. The van der Waals surface area contributed by atoms with Gasteiger partial charge in [-0.3, -0.25) is 4.68 Å². The van der Waals surface area contributed by atoms with Gasteiger partial charge in [-0.25, -0.2) is 10.9 Å². The fourth-order valence-electron chi connectivity index (χ4n) is 1.61. The third-order valence-electron chi connectivity index (χ3n) is 2.36. The zero-order chi connectivity index (χ0) is 10.2. The normalized spacial score (nSPS) is 12.4. The van der Waals surface area contributed by atoms with E-state index in [2.05, 4.69) is 38.4 Å². The number of rotatable bonds is 2. The molecule has 0 bridgehead atoms. The molecule has 0 aliphatic rings. The lowest BCUT2D eigenvalue weighted by Crippen LogP contribution is -1.95. The van der Waals surface area contributed by atoms with Crippen LogP contribution in [0.4, 0.5) is 0 Å². The summed E-state index contributed by atoms with van der Waals surface area (Å²) < 4.78 is 2.01. The largest absolute Gasteiger partial charge is 0.272 e. The average Bonchev–Trinajstić information content (AvgIpc) is 2.28. The molecule has 0 aliphatic carbocycles. The zero-order valence-electron chi connectivity index (χ0n) is 9.42. The summed E-state index contributed by atoms with van der Waals surface area (Å²) in [6.07, 6.45) is 4.53. The van der Waals surface area contributed by atoms with E-state index >= 15 is 0 Å². The van der Waals surface area contributed by atoms with Gasteiger partial charge in [0, 0.05) is 18.3 Å². The van der Waals surface area contributed by atoms with E-state index in [0.717, 1.165) is 0 Å². The fourth-order valence-corrected chi connectivity index (χ4v) is 2.83. The van der Waals surface area contributed by atoms with Crippen molar-refractivity contribution in [3.63, 3.8) is 0 Å². The molecule has 0 amide bonds. The Balaban J connectivity index is 3.27. The number of thiol groups is 1. The molecule has 1 aromatic rings. The van der Waals surface area contributed by atoms with Crippen LogP contribution in [0.2, 0.25) is 0 Å². The first-order chi connectivity index (χ1) is 5.95. The van der Waals surface area contributed by atoms with E-state index in [4.69, 9.17) is 0 Å². The van der Waals surface area contributed by atoms with Gasteiger partial charge in [0.2, 0.25) is 0 Å². The summed E-state index contributed by atoms with van der Waals surface area (Å²) in [5.41, 5.74) is 2.78. The lowest BCUT2D eigenvalue weighted by Gasteiger charge is -2.11. The van der Waals surface area contributed by atoms with Gasteiger partial charge in [-0.1, -0.05) is 13.8 Å². The first-order valence-electron chi connectivity index (χ1n) is 4.66. The molecule has 0 aromatic carbocycles. The Morgan fingerprint density at radius 1 is 1.31 bits per heavy atom. The number of hydrogen-bond acceptors (Lipinski definition) is 1. The summed E-state index contributed by atoms with van der Waals surface area (Å²) in [6, 6.07) is 0. The van der Waals surface area contributed by atoms with Gasteiger partial charge >= 0.3 is 0 Å². The molecule has 0 saturated heterocycles. The molecule has 0 saturated carbocycles. The molecule has 1 heterocycles. The Bertz CT molecular complexity index is 300. The Labute approximate surface area is 83.7 Å². The molecule has 76 valence electrons. The molecule has 1 rings (SSSR count). The van der Waals surface area contributed by atoms with E-state index in [1.807, 2.05) is 11.7 Å². The molecule has 0 unspecified atom stereocenters. The predicted octanol–water partition coefficient (Wildman–Crippen LogP) is 2.47. The van der Waals surface area contributed by atoms with Crippen LogP contribution in [0.15, 0.2) is 5.03 Å². The Morgan fingerprint density at radius 2 is 1.85 bits per heavy atom. The van der Waals surface area contributed by atoms with Gasteiger partial charge in [0.25, 0.3) is 0 Å². The van der Waals surface area contributed by atoms with Crippen molar-refractivity contribution in [2.75, 3.05) is 12.5 Å². The van der Waals surface area contributed by atoms with Crippen LogP contribution in [-0.2, 0) is 7.05 Å². The van der Waals surface area contributed by atoms with Crippen LogP contribution >= 0.6 is 10.9 Å². The van der Waals surface area contributed by atoms with Crippen molar-refractivity contribution in [3.8, 4) is 0 Å². The minimum absolute atomic E-state index is 0.0761. The third-order valence-corrected chi connectivity index (χ3v) is 3.54. The number of hydrogen-bond donors (Lipinski definition) is 1. The molecular weight excluding hydrogens is 180 g/mol. The maximum atomic E-state index is 4.58. The average molecular weight is 200 g/mol. The zero-order valence-corrected chi connectivity index (χ0v) is 10.3. The monoisotopic (exact) mass is 200 g/mol. The van der Waals surface area contributed by atoms with Crippen LogP contribution in [0.3, 0.4) is 0 Å². The van der Waals surface area contributed by atoms with Crippen molar-refractivity contribution in [1.29, 1.82) is 0 Å². The highest BCUT2D eigenvalue weighted by Crippen LogP contribution is 2.35. The van der Waals surface area contributed by atoms with E-state index in [1.165, 1.54) is 16.3 Å².